The first-order chi connectivity index (χ1) is 43.5. The van der Waals surface area contributed by atoms with Gasteiger partial charge in [-0.25, -0.2) is 4.79 Å². The third-order valence-corrected chi connectivity index (χ3v) is 13.7. The average Bonchev–Trinajstić information content (AvgIpc) is 3.60. The fourth-order valence-electron chi connectivity index (χ4n) is 8.56. The molecule has 0 aliphatic heterocycles. The van der Waals surface area contributed by atoms with Crippen molar-refractivity contribution >= 4 is 17.9 Å². The Labute approximate surface area is 533 Å². The molecule has 0 heterocycles. The van der Waals surface area contributed by atoms with E-state index in [0.717, 1.165) is 77.0 Å². The molecule has 0 N–H and O–H groups in total. The smallest absolute Gasteiger partial charge is 0.337 e. The lowest BCUT2D eigenvalue weighted by Crippen LogP contribution is -2.37. The SMILES string of the molecule is CCCCCCCC/C=C/CCCCCCCC(=O)OCC(COC(=O)C(COCCOCCOCCOCCOCCOCCOC)OCCOCCOCCOCCOCCOCCOC)OC(=O)CCCCCCC/C=C/CCCCCCCC. The Hall–Kier alpha value is -2.67. The molecule has 0 saturated carbocycles. The molecule has 0 aromatic carbocycles. The van der Waals surface area contributed by atoms with Crippen LogP contribution in [-0.4, -0.2) is 223 Å². The van der Waals surface area contributed by atoms with Crippen molar-refractivity contribution in [1.82, 2.24) is 0 Å². The molecule has 20 nitrogen and oxygen atoms in total. The second-order valence-corrected chi connectivity index (χ2v) is 21.6. The van der Waals surface area contributed by atoms with Crippen molar-refractivity contribution in [2.45, 2.75) is 206 Å². The Kier molecular flexibility index (Phi) is 72.8. The minimum absolute atomic E-state index is 0.0564. The molecule has 0 amide bonds. The summed E-state index contributed by atoms with van der Waals surface area (Å²) < 4.78 is 94.1. The van der Waals surface area contributed by atoms with Crippen LogP contribution in [0.5, 0.6) is 0 Å². The van der Waals surface area contributed by atoms with Crippen molar-refractivity contribution in [3.8, 4) is 0 Å². The Morgan fingerprint density at radius 1 is 0.295 bits per heavy atom. The zero-order valence-electron chi connectivity index (χ0n) is 56.0. The van der Waals surface area contributed by atoms with Crippen LogP contribution in [0.1, 0.15) is 194 Å². The molecule has 0 aliphatic carbocycles. The standard InChI is InChI=1S/C68H128O20/c1-5-7-9-11-13-15-17-19-21-23-25-27-29-31-33-35-66(69)86-61-64(88-67(70)36-34-32-30-28-26-24-22-20-18-16-14-12-10-8-6-2)62-87-68(71)65(85-60-59-83-56-55-81-52-51-79-48-46-77-44-42-75-40-38-73-4)63-84-58-57-82-54-53-80-50-49-78-47-45-76-43-41-74-39-37-72-3/h19-22,64-65H,5-18,23-63H2,1-4H3/b21-19+,22-20+. The van der Waals surface area contributed by atoms with Gasteiger partial charge in [0.1, 0.15) is 13.2 Å². The van der Waals surface area contributed by atoms with E-state index in [4.69, 9.17) is 80.5 Å². The molecular formula is C68H128O20. The van der Waals surface area contributed by atoms with Gasteiger partial charge in [-0.2, -0.15) is 0 Å². The van der Waals surface area contributed by atoms with Crippen LogP contribution in [0.3, 0.4) is 0 Å². The highest BCUT2D eigenvalue weighted by atomic mass is 16.6. The van der Waals surface area contributed by atoms with E-state index in [0.29, 0.717) is 145 Å². The largest absolute Gasteiger partial charge is 0.462 e. The summed E-state index contributed by atoms with van der Waals surface area (Å²) in [6.07, 6.45) is 37.6. The molecule has 88 heavy (non-hydrogen) atoms. The van der Waals surface area contributed by atoms with E-state index in [2.05, 4.69) is 38.2 Å². The van der Waals surface area contributed by atoms with E-state index in [1.165, 1.54) is 77.0 Å². The number of allylic oxidation sites excluding steroid dienone is 4. The normalized spacial score (nSPS) is 12.5. The van der Waals surface area contributed by atoms with Crippen LogP contribution in [0.15, 0.2) is 24.3 Å². The van der Waals surface area contributed by atoms with Crippen LogP contribution in [0.4, 0.5) is 0 Å². The Bertz CT molecular complexity index is 1470. The van der Waals surface area contributed by atoms with Gasteiger partial charge in [-0.1, -0.05) is 141 Å². The Morgan fingerprint density at radius 3 is 0.932 bits per heavy atom. The number of unbranched alkanes of at least 4 members (excludes halogenated alkanes) is 22. The van der Waals surface area contributed by atoms with Gasteiger partial charge in [-0.15, -0.1) is 0 Å². The van der Waals surface area contributed by atoms with Crippen LogP contribution in [0, 0.1) is 0 Å². The molecule has 2 atom stereocenters. The number of carbonyl (C=O) groups is 3. The van der Waals surface area contributed by atoms with Gasteiger partial charge in [0.15, 0.2) is 12.2 Å². The summed E-state index contributed by atoms with van der Waals surface area (Å²) in [6, 6.07) is 0. The van der Waals surface area contributed by atoms with Crippen LogP contribution in [-0.2, 0) is 94.9 Å². The van der Waals surface area contributed by atoms with E-state index >= 15 is 0 Å². The summed E-state index contributed by atoms with van der Waals surface area (Å²) in [5.41, 5.74) is 0. The van der Waals surface area contributed by atoms with Crippen molar-refractivity contribution in [2.24, 2.45) is 0 Å². The number of hydrogen-bond donors (Lipinski definition) is 0. The zero-order chi connectivity index (χ0) is 63.6. The molecule has 2 unspecified atom stereocenters. The monoisotopic (exact) mass is 1260 g/mol. The van der Waals surface area contributed by atoms with Crippen molar-refractivity contribution in [3.63, 3.8) is 0 Å². The summed E-state index contributed by atoms with van der Waals surface area (Å²) >= 11 is 0. The first-order valence-corrected chi connectivity index (χ1v) is 34.2. The molecular weight excluding hydrogens is 1140 g/mol. The van der Waals surface area contributed by atoms with Gasteiger partial charge in [-0.05, 0) is 64.2 Å². The molecule has 0 rings (SSSR count). The highest BCUT2D eigenvalue weighted by Gasteiger charge is 2.25. The molecule has 0 bridgehead atoms. The van der Waals surface area contributed by atoms with Gasteiger partial charge in [0, 0.05) is 27.1 Å². The van der Waals surface area contributed by atoms with Gasteiger partial charge in [0.05, 0.1) is 165 Å². The average molecular weight is 1270 g/mol. The van der Waals surface area contributed by atoms with Gasteiger partial charge in [0.2, 0.25) is 0 Å². The summed E-state index contributed by atoms with van der Waals surface area (Å²) in [4.78, 5) is 39.8. The minimum Gasteiger partial charge on any atom is -0.462 e. The lowest BCUT2D eigenvalue weighted by Gasteiger charge is -2.21. The lowest BCUT2D eigenvalue weighted by atomic mass is 10.1. The Balaban J connectivity index is 5.16. The molecule has 0 aliphatic rings. The summed E-state index contributed by atoms with van der Waals surface area (Å²) in [5.74, 6) is -1.55. The summed E-state index contributed by atoms with van der Waals surface area (Å²) in [5, 5.41) is 0. The predicted molar refractivity (Wildman–Crippen MR) is 343 cm³/mol. The van der Waals surface area contributed by atoms with Gasteiger partial charge in [0.25, 0.3) is 0 Å². The van der Waals surface area contributed by atoms with Crippen LogP contribution in [0.2, 0.25) is 0 Å². The fraction of sp³-hybridized carbons (Fsp3) is 0.897. The van der Waals surface area contributed by atoms with E-state index in [1.807, 2.05) is 0 Å². The quantitative estimate of drug-likeness (QED) is 0.0240. The maximum absolute atomic E-state index is 13.7. The highest BCUT2D eigenvalue weighted by molar-refractivity contribution is 5.75. The second-order valence-electron chi connectivity index (χ2n) is 21.6. The number of methoxy groups -OCH3 is 2. The maximum atomic E-state index is 13.7. The molecule has 0 fully saturated rings. The zero-order valence-corrected chi connectivity index (χ0v) is 56.0. The molecule has 520 valence electrons. The number of hydrogen-bond acceptors (Lipinski definition) is 20. The first kappa shape index (κ1) is 85.3. The van der Waals surface area contributed by atoms with Crippen molar-refractivity contribution in [3.05, 3.63) is 24.3 Å². The van der Waals surface area contributed by atoms with Crippen LogP contribution >= 0.6 is 0 Å². The summed E-state index contributed by atoms with van der Waals surface area (Å²) in [6.45, 7) is 13.5. The van der Waals surface area contributed by atoms with E-state index in [-0.39, 0.29) is 65.1 Å². The molecule has 20 heteroatoms. The first-order valence-electron chi connectivity index (χ1n) is 34.2. The maximum Gasteiger partial charge on any atom is 0.337 e. The van der Waals surface area contributed by atoms with Crippen LogP contribution in [0.25, 0.3) is 0 Å². The number of esters is 3. The third-order valence-electron chi connectivity index (χ3n) is 13.7. The predicted octanol–water partition coefficient (Wildman–Crippen LogP) is 11.9. The second kappa shape index (κ2) is 75.1. The van der Waals surface area contributed by atoms with Gasteiger partial charge >= 0.3 is 17.9 Å². The van der Waals surface area contributed by atoms with Gasteiger partial charge < -0.3 is 80.5 Å². The van der Waals surface area contributed by atoms with Crippen molar-refractivity contribution < 1.29 is 94.9 Å². The van der Waals surface area contributed by atoms with Gasteiger partial charge in [-0.3, -0.25) is 9.59 Å². The number of ether oxygens (including phenoxy) is 17. The van der Waals surface area contributed by atoms with E-state index in [9.17, 15) is 14.4 Å². The van der Waals surface area contributed by atoms with Crippen molar-refractivity contribution in [2.75, 3.05) is 193 Å². The minimum atomic E-state index is -1.14. The molecule has 0 aromatic rings. The number of rotatable bonds is 75. The summed E-state index contributed by atoms with van der Waals surface area (Å²) in [7, 11) is 3.27. The van der Waals surface area contributed by atoms with E-state index in [1.54, 1.807) is 14.2 Å². The lowest BCUT2D eigenvalue weighted by molar-refractivity contribution is -0.174. The third kappa shape index (κ3) is 69.2. The molecule has 0 radical (unpaired) electrons. The Morgan fingerprint density at radius 2 is 0.580 bits per heavy atom. The van der Waals surface area contributed by atoms with E-state index < -0.39 is 24.1 Å². The topological polar surface area (TPSA) is 208 Å². The molecule has 0 aromatic heterocycles. The number of carbonyl (C=O) groups excluding carboxylic acids is 3. The van der Waals surface area contributed by atoms with Crippen molar-refractivity contribution in [1.29, 1.82) is 0 Å². The molecule has 0 saturated heterocycles. The van der Waals surface area contributed by atoms with Crippen LogP contribution < -0.4 is 0 Å². The molecule has 0 spiro atoms. The fourth-order valence-corrected chi connectivity index (χ4v) is 8.56. The highest BCUT2D eigenvalue weighted by Crippen LogP contribution is 2.14.